The predicted molar refractivity (Wildman–Crippen MR) is 103 cm³/mol. The molecule has 0 aliphatic rings. The average Bonchev–Trinajstić information content (AvgIpc) is 2.64. The molecule has 0 unspecified atom stereocenters. The minimum absolute atomic E-state index is 0.201. The highest BCUT2D eigenvalue weighted by Gasteiger charge is 2.08. The maximum absolute atomic E-state index is 12.4. The maximum atomic E-state index is 12.4. The summed E-state index contributed by atoms with van der Waals surface area (Å²) in [4.78, 5) is 20.7. The van der Waals surface area contributed by atoms with Crippen molar-refractivity contribution in [3.05, 3.63) is 82.3 Å². The summed E-state index contributed by atoms with van der Waals surface area (Å²) in [5.41, 5.74) is 4.17. The number of hydrogen-bond donors (Lipinski definition) is 2. The second-order valence-electron chi connectivity index (χ2n) is 5.60. The lowest BCUT2D eigenvalue weighted by atomic mass is 10.2. The smallest absolute Gasteiger partial charge is 0.257 e. The van der Waals surface area contributed by atoms with Crippen LogP contribution in [0.3, 0.4) is 0 Å². The molecular weight excluding hydrogens is 380 g/mol. The number of carbonyl (C=O) groups excluding carboxylic acids is 1. The first-order valence-corrected chi connectivity index (χ1v) is 8.56. The van der Waals surface area contributed by atoms with Crippen LogP contribution >= 0.6 is 15.9 Å². The number of anilines is 2. The normalized spacial score (nSPS) is 10.3. The molecule has 3 rings (SSSR count). The summed E-state index contributed by atoms with van der Waals surface area (Å²) >= 11 is 3.47. The van der Waals surface area contributed by atoms with Crippen molar-refractivity contribution in [1.29, 1.82) is 0 Å². The minimum atomic E-state index is -0.201. The van der Waals surface area contributed by atoms with Crippen LogP contribution in [0.15, 0.2) is 65.7 Å². The molecule has 6 heteroatoms. The van der Waals surface area contributed by atoms with E-state index in [4.69, 9.17) is 0 Å². The Balaban J connectivity index is 1.67. The van der Waals surface area contributed by atoms with Crippen LogP contribution in [0.4, 0.5) is 11.4 Å². The van der Waals surface area contributed by atoms with E-state index in [1.165, 1.54) is 0 Å². The molecule has 2 N–H and O–H groups in total. The molecule has 2 aromatic heterocycles. The summed E-state index contributed by atoms with van der Waals surface area (Å²) < 4.78 is 0.954. The largest absolute Gasteiger partial charge is 0.380 e. The van der Waals surface area contributed by atoms with Gasteiger partial charge in [0.1, 0.15) is 0 Å². The molecule has 3 aromatic rings. The van der Waals surface area contributed by atoms with E-state index in [0.717, 1.165) is 27.0 Å². The van der Waals surface area contributed by atoms with Gasteiger partial charge < -0.3 is 10.6 Å². The minimum Gasteiger partial charge on any atom is -0.380 e. The first-order valence-electron chi connectivity index (χ1n) is 7.77. The van der Waals surface area contributed by atoms with Gasteiger partial charge in [-0.2, -0.15) is 0 Å². The number of pyridine rings is 2. The number of amides is 1. The molecule has 0 aliphatic heterocycles. The van der Waals surface area contributed by atoms with Crippen molar-refractivity contribution in [3.63, 3.8) is 0 Å². The van der Waals surface area contributed by atoms with Crippen LogP contribution in [0, 0.1) is 6.92 Å². The fourth-order valence-electron chi connectivity index (χ4n) is 2.24. The van der Waals surface area contributed by atoms with Gasteiger partial charge in [-0.3, -0.25) is 14.8 Å². The lowest BCUT2D eigenvalue weighted by Gasteiger charge is -2.09. The summed E-state index contributed by atoms with van der Waals surface area (Å²) in [6, 6.07) is 11.4. The lowest BCUT2D eigenvalue weighted by Crippen LogP contribution is -2.13. The summed E-state index contributed by atoms with van der Waals surface area (Å²) in [5.74, 6) is -0.201. The third kappa shape index (κ3) is 4.64. The molecule has 2 heterocycles. The number of halogens is 1. The third-order valence-corrected chi connectivity index (χ3v) is 4.50. The Labute approximate surface area is 154 Å². The Morgan fingerprint density at radius 2 is 1.96 bits per heavy atom. The molecule has 126 valence electrons. The molecule has 0 aliphatic carbocycles. The number of nitrogens with zero attached hydrogens (tertiary/aromatic N) is 2. The van der Waals surface area contributed by atoms with Crippen molar-refractivity contribution in [1.82, 2.24) is 9.97 Å². The van der Waals surface area contributed by atoms with Crippen LogP contribution in [-0.2, 0) is 6.54 Å². The van der Waals surface area contributed by atoms with Gasteiger partial charge in [0.25, 0.3) is 5.91 Å². The summed E-state index contributed by atoms with van der Waals surface area (Å²) in [6.45, 7) is 2.61. The zero-order valence-electron chi connectivity index (χ0n) is 13.7. The van der Waals surface area contributed by atoms with Gasteiger partial charge in [0, 0.05) is 41.5 Å². The number of hydrogen-bond acceptors (Lipinski definition) is 4. The molecule has 0 spiro atoms. The van der Waals surface area contributed by atoms with Gasteiger partial charge in [-0.1, -0.05) is 28.1 Å². The van der Waals surface area contributed by atoms with Gasteiger partial charge >= 0.3 is 0 Å². The molecule has 0 saturated carbocycles. The molecule has 25 heavy (non-hydrogen) atoms. The first-order chi connectivity index (χ1) is 12.1. The monoisotopic (exact) mass is 396 g/mol. The Bertz CT molecular complexity index is 884. The standard InChI is InChI=1S/C19H17BrN4O/c1-13-4-5-16(8-18(13)20)24-19(25)15-7-17(12-22-11-15)23-10-14-3-2-6-21-9-14/h2-9,11-12,23H,10H2,1H3,(H,24,25). The highest BCUT2D eigenvalue weighted by atomic mass is 79.9. The highest BCUT2D eigenvalue weighted by Crippen LogP contribution is 2.21. The van der Waals surface area contributed by atoms with Gasteiger partial charge in [0.15, 0.2) is 0 Å². The van der Waals surface area contributed by atoms with E-state index in [9.17, 15) is 4.79 Å². The van der Waals surface area contributed by atoms with Gasteiger partial charge in [-0.25, -0.2) is 0 Å². The molecule has 0 saturated heterocycles. The number of rotatable bonds is 5. The summed E-state index contributed by atoms with van der Waals surface area (Å²) in [5, 5.41) is 6.13. The van der Waals surface area contributed by atoms with Crippen LogP contribution < -0.4 is 10.6 Å². The second-order valence-corrected chi connectivity index (χ2v) is 6.45. The van der Waals surface area contributed by atoms with Crippen molar-refractivity contribution < 1.29 is 4.79 Å². The number of aryl methyl sites for hydroxylation is 1. The van der Waals surface area contributed by atoms with E-state index in [0.29, 0.717) is 12.1 Å². The van der Waals surface area contributed by atoms with Crippen LogP contribution in [0.1, 0.15) is 21.5 Å². The second kappa shape index (κ2) is 7.90. The molecule has 1 amide bonds. The Morgan fingerprint density at radius 3 is 2.72 bits per heavy atom. The SMILES string of the molecule is Cc1ccc(NC(=O)c2cncc(NCc3cccnc3)c2)cc1Br. The molecule has 1 aromatic carbocycles. The topological polar surface area (TPSA) is 66.9 Å². The van der Waals surface area contributed by atoms with Gasteiger partial charge in [0.05, 0.1) is 11.3 Å². The Hall–Kier alpha value is -2.73. The van der Waals surface area contributed by atoms with Crippen LogP contribution in [-0.4, -0.2) is 15.9 Å². The molecule has 5 nitrogen and oxygen atoms in total. The van der Waals surface area contributed by atoms with Crippen molar-refractivity contribution in [2.24, 2.45) is 0 Å². The number of aromatic nitrogens is 2. The highest BCUT2D eigenvalue weighted by molar-refractivity contribution is 9.10. The maximum Gasteiger partial charge on any atom is 0.257 e. The molecular formula is C19H17BrN4O. The van der Waals surface area contributed by atoms with E-state index in [1.807, 2.05) is 37.3 Å². The van der Waals surface area contributed by atoms with E-state index < -0.39 is 0 Å². The summed E-state index contributed by atoms with van der Waals surface area (Å²) in [6.07, 6.45) is 6.77. The number of benzene rings is 1. The number of carbonyl (C=O) groups is 1. The number of nitrogens with one attached hydrogen (secondary N) is 2. The summed E-state index contributed by atoms with van der Waals surface area (Å²) in [7, 11) is 0. The zero-order valence-corrected chi connectivity index (χ0v) is 15.2. The van der Waals surface area contributed by atoms with Crippen molar-refractivity contribution in [3.8, 4) is 0 Å². The van der Waals surface area contributed by atoms with Crippen LogP contribution in [0.25, 0.3) is 0 Å². The van der Waals surface area contributed by atoms with E-state index in [2.05, 4.69) is 36.5 Å². The lowest BCUT2D eigenvalue weighted by molar-refractivity contribution is 0.102. The van der Waals surface area contributed by atoms with Crippen molar-refractivity contribution >= 4 is 33.2 Å². The van der Waals surface area contributed by atoms with Gasteiger partial charge in [-0.15, -0.1) is 0 Å². The van der Waals surface area contributed by atoms with Crippen LogP contribution in [0.5, 0.6) is 0 Å². The molecule has 0 bridgehead atoms. The third-order valence-electron chi connectivity index (χ3n) is 3.65. The predicted octanol–water partition coefficient (Wildman–Crippen LogP) is 4.41. The van der Waals surface area contributed by atoms with Gasteiger partial charge in [-0.05, 0) is 42.3 Å². The fraction of sp³-hybridized carbons (Fsp3) is 0.105. The molecule has 0 fully saturated rings. The van der Waals surface area contributed by atoms with E-state index in [-0.39, 0.29) is 5.91 Å². The quantitative estimate of drug-likeness (QED) is 0.669. The zero-order chi connectivity index (χ0) is 17.6. The average molecular weight is 397 g/mol. The van der Waals surface area contributed by atoms with Gasteiger partial charge in [0.2, 0.25) is 0 Å². The van der Waals surface area contributed by atoms with E-state index in [1.54, 1.807) is 30.9 Å². The molecule has 0 radical (unpaired) electrons. The Kier molecular flexibility index (Phi) is 5.40. The van der Waals surface area contributed by atoms with Crippen molar-refractivity contribution in [2.75, 3.05) is 10.6 Å². The fourth-order valence-corrected chi connectivity index (χ4v) is 2.62. The van der Waals surface area contributed by atoms with E-state index >= 15 is 0 Å². The van der Waals surface area contributed by atoms with Crippen molar-refractivity contribution in [2.45, 2.75) is 13.5 Å². The van der Waals surface area contributed by atoms with Crippen LogP contribution in [0.2, 0.25) is 0 Å². The molecule has 0 atom stereocenters. The Morgan fingerprint density at radius 1 is 1.08 bits per heavy atom. The first kappa shape index (κ1) is 17.1.